The summed E-state index contributed by atoms with van der Waals surface area (Å²) in [6.45, 7) is 2.20. The molecule has 0 saturated carbocycles. The highest BCUT2D eigenvalue weighted by atomic mass is 16.5. The van der Waals surface area contributed by atoms with E-state index >= 15 is 0 Å². The standard InChI is InChI=1S/C22H22N2O4/c1-2-27-22(26)18(13-16-9-5-3-6-10-16)15-23-21(25)20-14-19(24-28-20)17-11-7-4-8-12-17/h3-12,14,18H,2,13,15H2,1H3,(H,23,25). The minimum absolute atomic E-state index is 0.0983. The van der Waals surface area contributed by atoms with Crippen LogP contribution < -0.4 is 5.32 Å². The van der Waals surface area contributed by atoms with Crippen LogP contribution in [0.4, 0.5) is 0 Å². The van der Waals surface area contributed by atoms with E-state index in [1.165, 1.54) is 0 Å². The van der Waals surface area contributed by atoms with E-state index in [1.54, 1.807) is 13.0 Å². The third-order valence-electron chi connectivity index (χ3n) is 4.26. The first-order chi connectivity index (χ1) is 13.7. The third-order valence-corrected chi connectivity index (χ3v) is 4.26. The quantitative estimate of drug-likeness (QED) is 0.607. The van der Waals surface area contributed by atoms with Crippen LogP contribution in [0.5, 0.6) is 0 Å². The van der Waals surface area contributed by atoms with Crippen LogP contribution in [0.2, 0.25) is 0 Å². The molecule has 1 atom stereocenters. The zero-order valence-corrected chi connectivity index (χ0v) is 15.6. The zero-order chi connectivity index (χ0) is 19.8. The van der Waals surface area contributed by atoms with Crippen LogP contribution in [0.3, 0.4) is 0 Å². The van der Waals surface area contributed by atoms with Crippen molar-refractivity contribution in [1.82, 2.24) is 10.5 Å². The number of nitrogens with one attached hydrogen (secondary N) is 1. The lowest BCUT2D eigenvalue weighted by molar-refractivity contribution is -0.147. The van der Waals surface area contributed by atoms with E-state index in [0.717, 1.165) is 11.1 Å². The molecule has 0 radical (unpaired) electrons. The molecule has 0 bridgehead atoms. The molecule has 1 unspecified atom stereocenters. The average Bonchev–Trinajstić information content (AvgIpc) is 3.23. The van der Waals surface area contributed by atoms with Gasteiger partial charge in [-0.1, -0.05) is 65.8 Å². The van der Waals surface area contributed by atoms with Crippen LogP contribution in [0.15, 0.2) is 71.3 Å². The Morgan fingerprint density at radius 1 is 1.07 bits per heavy atom. The highest BCUT2D eigenvalue weighted by molar-refractivity contribution is 5.92. The van der Waals surface area contributed by atoms with Crippen LogP contribution in [0.1, 0.15) is 23.0 Å². The number of amides is 1. The van der Waals surface area contributed by atoms with Crippen LogP contribution >= 0.6 is 0 Å². The van der Waals surface area contributed by atoms with Crippen LogP contribution in [-0.4, -0.2) is 30.2 Å². The first kappa shape index (κ1) is 19.4. The van der Waals surface area contributed by atoms with E-state index in [0.29, 0.717) is 18.7 Å². The Kier molecular flexibility index (Phi) is 6.57. The molecule has 2 aromatic carbocycles. The fourth-order valence-corrected chi connectivity index (χ4v) is 2.83. The Morgan fingerprint density at radius 2 is 1.75 bits per heavy atom. The summed E-state index contributed by atoms with van der Waals surface area (Å²) in [6.07, 6.45) is 0.478. The molecule has 6 heteroatoms. The molecule has 1 aromatic heterocycles. The molecule has 28 heavy (non-hydrogen) atoms. The van der Waals surface area contributed by atoms with Crippen molar-refractivity contribution in [3.05, 3.63) is 78.1 Å². The van der Waals surface area contributed by atoms with Crippen molar-refractivity contribution < 1.29 is 18.8 Å². The molecule has 0 aliphatic carbocycles. The molecule has 1 heterocycles. The van der Waals surface area contributed by atoms with Gasteiger partial charge in [-0.05, 0) is 18.9 Å². The molecular formula is C22H22N2O4. The predicted molar refractivity (Wildman–Crippen MR) is 105 cm³/mol. The number of hydrogen-bond acceptors (Lipinski definition) is 5. The van der Waals surface area contributed by atoms with E-state index < -0.39 is 11.8 Å². The smallest absolute Gasteiger partial charge is 0.311 e. The third kappa shape index (κ3) is 5.07. The van der Waals surface area contributed by atoms with E-state index in [1.807, 2.05) is 60.7 Å². The second-order valence-corrected chi connectivity index (χ2v) is 6.29. The number of hydrogen-bond donors (Lipinski definition) is 1. The van der Waals surface area contributed by atoms with Gasteiger partial charge in [0.1, 0.15) is 5.69 Å². The second-order valence-electron chi connectivity index (χ2n) is 6.29. The van der Waals surface area contributed by atoms with Gasteiger partial charge in [-0.3, -0.25) is 9.59 Å². The lowest BCUT2D eigenvalue weighted by Crippen LogP contribution is -2.35. The summed E-state index contributed by atoms with van der Waals surface area (Å²) in [4.78, 5) is 24.7. The number of benzene rings is 2. The minimum Gasteiger partial charge on any atom is -0.466 e. The number of ether oxygens (including phenoxy) is 1. The highest BCUT2D eigenvalue weighted by Crippen LogP contribution is 2.18. The zero-order valence-electron chi connectivity index (χ0n) is 15.6. The number of aromatic nitrogens is 1. The lowest BCUT2D eigenvalue weighted by Gasteiger charge is -2.16. The van der Waals surface area contributed by atoms with Crippen LogP contribution in [-0.2, 0) is 16.0 Å². The molecule has 0 saturated heterocycles. The van der Waals surface area contributed by atoms with Gasteiger partial charge in [-0.15, -0.1) is 0 Å². The van der Waals surface area contributed by atoms with E-state index in [-0.39, 0.29) is 18.3 Å². The van der Waals surface area contributed by atoms with E-state index in [2.05, 4.69) is 10.5 Å². The molecule has 0 aliphatic rings. The van der Waals surface area contributed by atoms with Crippen molar-refractivity contribution in [2.24, 2.45) is 5.92 Å². The largest absolute Gasteiger partial charge is 0.466 e. The molecule has 144 valence electrons. The molecule has 3 aromatic rings. The molecule has 6 nitrogen and oxygen atoms in total. The first-order valence-electron chi connectivity index (χ1n) is 9.18. The van der Waals surface area contributed by atoms with Gasteiger partial charge >= 0.3 is 5.97 Å². The topological polar surface area (TPSA) is 81.4 Å². The summed E-state index contributed by atoms with van der Waals surface area (Å²) in [5.41, 5.74) is 2.44. The molecular weight excluding hydrogens is 356 g/mol. The molecule has 1 N–H and O–H groups in total. The van der Waals surface area contributed by atoms with Crippen molar-refractivity contribution in [2.45, 2.75) is 13.3 Å². The number of rotatable bonds is 8. The molecule has 0 spiro atoms. The number of esters is 1. The van der Waals surface area contributed by atoms with Crippen molar-refractivity contribution >= 4 is 11.9 Å². The fourth-order valence-electron chi connectivity index (χ4n) is 2.83. The van der Waals surface area contributed by atoms with Gasteiger partial charge in [-0.2, -0.15) is 0 Å². The van der Waals surface area contributed by atoms with Gasteiger partial charge in [0.05, 0.1) is 12.5 Å². The molecule has 0 aliphatic heterocycles. The van der Waals surface area contributed by atoms with Gasteiger partial charge < -0.3 is 14.6 Å². The van der Waals surface area contributed by atoms with Gasteiger partial charge in [0.25, 0.3) is 5.91 Å². The van der Waals surface area contributed by atoms with Gasteiger partial charge in [0, 0.05) is 18.2 Å². The monoisotopic (exact) mass is 378 g/mol. The molecule has 3 rings (SSSR count). The van der Waals surface area contributed by atoms with Crippen molar-refractivity contribution in [2.75, 3.05) is 13.2 Å². The maximum Gasteiger partial charge on any atom is 0.311 e. The van der Waals surface area contributed by atoms with E-state index in [9.17, 15) is 9.59 Å². The number of carbonyl (C=O) groups excluding carboxylic acids is 2. The maximum absolute atomic E-state index is 12.4. The summed E-state index contributed by atoms with van der Waals surface area (Å²) in [5, 5.41) is 6.69. The number of nitrogens with zero attached hydrogens (tertiary/aromatic N) is 1. The summed E-state index contributed by atoms with van der Waals surface area (Å²) in [7, 11) is 0. The lowest BCUT2D eigenvalue weighted by atomic mass is 9.99. The Morgan fingerprint density at radius 3 is 2.43 bits per heavy atom. The summed E-state index contributed by atoms with van der Waals surface area (Å²) in [6, 6.07) is 20.7. The Balaban J connectivity index is 1.64. The van der Waals surface area contributed by atoms with Crippen molar-refractivity contribution in [1.29, 1.82) is 0 Å². The van der Waals surface area contributed by atoms with Crippen LogP contribution in [0.25, 0.3) is 11.3 Å². The Labute approximate surface area is 163 Å². The fraction of sp³-hybridized carbons (Fsp3) is 0.227. The summed E-state index contributed by atoms with van der Waals surface area (Å²) < 4.78 is 10.3. The maximum atomic E-state index is 12.4. The SMILES string of the molecule is CCOC(=O)C(CNC(=O)c1cc(-c2ccccc2)no1)Cc1ccccc1. The predicted octanol–water partition coefficient (Wildman–Crippen LogP) is 3.49. The molecule has 0 fully saturated rings. The van der Waals surface area contributed by atoms with Gasteiger partial charge in [0.15, 0.2) is 0 Å². The second kappa shape index (κ2) is 9.50. The Bertz CT molecular complexity index is 907. The van der Waals surface area contributed by atoms with Gasteiger partial charge in [0.2, 0.25) is 5.76 Å². The normalized spacial score (nSPS) is 11.6. The van der Waals surface area contributed by atoms with Crippen LogP contribution in [0, 0.1) is 5.92 Å². The summed E-state index contributed by atoms with van der Waals surface area (Å²) in [5.74, 6) is -1.14. The van der Waals surface area contributed by atoms with Crippen molar-refractivity contribution in [3.63, 3.8) is 0 Å². The Hall–Kier alpha value is -3.41. The molecule has 1 amide bonds. The van der Waals surface area contributed by atoms with E-state index in [4.69, 9.17) is 9.26 Å². The minimum atomic E-state index is -0.484. The highest BCUT2D eigenvalue weighted by Gasteiger charge is 2.22. The van der Waals surface area contributed by atoms with Crippen molar-refractivity contribution in [3.8, 4) is 11.3 Å². The van der Waals surface area contributed by atoms with Gasteiger partial charge in [-0.25, -0.2) is 0 Å². The average molecular weight is 378 g/mol. The number of carbonyl (C=O) groups is 2. The first-order valence-corrected chi connectivity index (χ1v) is 9.18. The summed E-state index contributed by atoms with van der Waals surface area (Å²) >= 11 is 0.